The van der Waals surface area contributed by atoms with Crippen molar-refractivity contribution in [2.75, 3.05) is 0 Å². The van der Waals surface area contributed by atoms with Crippen LogP contribution in [0.3, 0.4) is 0 Å². The van der Waals surface area contributed by atoms with Crippen LogP contribution in [0.25, 0.3) is 58.4 Å². The molecule has 6 aromatic rings. The Labute approximate surface area is 261 Å². The van der Waals surface area contributed by atoms with Gasteiger partial charge in [-0.25, -0.2) is 0 Å². The number of benzene rings is 6. The molecule has 212 valence electrons. The summed E-state index contributed by atoms with van der Waals surface area (Å²) in [6, 6.07) is 51.6. The summed E-state index contributed by atoms with van der Waals surface area (Å²) in [6.07, 6.45) is 13.4. The Hall–Kier alpha value is -5.46. The molecule has 0 heteroatoms. The molecular formula is C44H36. The molecule has 0 radical (unpaired) electrons. The van der Waals surface area contributed by atoms with Crippen molar-refractivity contribution in [2.24, 2.45) is 0 Å². The first-order valence-electron chi connectivity index (χ1n) is 15.2. The molecule has 0 N–H and O–H groups in total. The lowest BCUT2D eigenvalue weighted by Gasteiger charge is -2.08. The molecule has 0 spiro atoms. The van der Waals surface area contributed by atoms with E-state index in [0.717, 1.165) is 0 Å². The predicted octanol–water partition coefficient (Wildman–Crippen LogP) is 12.3. The first-order chi connectivity index (χ1) is 21.6. The third-order valence-corrected chi connectivity index (χ3v) is 8.00. The van der Waals surface area contributed by atoms with Crippen LogP contribution < -0.4 is 0 Å². The van der Waals surface area contributed by atoms with Crippen LogP contribution in [-0.2, 0) is 0 Å². The molecule has 0 aliphatic heterocycles. The van der Waals surface area contributed by atoms with E-state index in [0.29, 0.717) is 0 Å². The molecule has 0 amide bonds. The van der Waals surface area contributed by atoms with E-state index in [1.807, 2.05) is 0 Å². The van der Waals surface area contributed by atoms with Crippen LogP contribution in [0, 0.1) is 0 Å². The van der Waals surface area contributed by atoms with Gasteiger partial charge < -0.3 is 0 Å². The molecule has 0 nitrogen and oxygen atoms in total. The highest BCUT2D eigenvalue weighted by Gasteiger charge is 2.04. The Kier molecular flexibility index (Phi) is 8.90. The van der Waals surface area contributed by atoms with E-state index in [1.54, 1.807) is 0 Å². The van der Waals surface area contributed by atoms with Gasteiger partial charge in [-0.3, -0.25) is 0 Å². The van der Waals surface area contributed by atoms with E-state index in [9.17, 15) is 0 Å². The number of rotatable bonds is 8. The van der Waals surface area contributed by atoms with Crippen molar-refractivity contribution in [1.29, 1.82) is 0 Å². The molecular weight excluding hydrogens is 528 g/mol. The lowest BCUT2D eigenvalue weighted by molar-refractivity contribution is 1.56. The molecule has 0 aliphatic rings. The molecule has 0 aliphatic carbocycles. The average molecular weight is 565 g/mol. The smallest absolute Gasteiger partial charge is 0.0105 e. The van der Waals surface area contributed by atoms with Crippen molar-refractivity contribution in [3.05, 3.63) is 190 Å². The molecule has 6 rings (SSSR count). The van der Waals surface area contributed by atoms with Crippen molar-refractivity contribution >= 4 is 58.4 Å². The van der Waals surface area contributed by atoms with E-state index in [4.69, 9.17) is 0 Å². The fourth-order valence-electron chi connectivity index (χ4n) is 5.48. The molecule has 0 heterocycles. The SMILES string of the molecule is C/C(=C\c1ccc(/C=C/c2ccc3ccccc3c2/C=C/c2ccc(/C=C(\C)c3ccccc3)cc2)cc1)c1ccccc1. The van der Waals surface area contributed by atoms with E-state index >= 15 is 0 Å². The van der Waals surface area contributed by atoms with Crippen molar-refractivity contribution in [3.8, 4) is 0 Å². The molecule has 0 atom stereocenters. The third-order valence-electron chi connectivity index (χ3n) is 8.00. The van der Waals surface area contributed by atoms with E-state index < -0.39 is 0 Å². The van der Waals surface area contributed by atoms with Crippen LogP contribution in [-0.4, -0.2) is 0 Å². The average Bonchev–Trinajstić information content (AvgIpc) is 3.08. The second-order valence-corrected chi connectivity index (χ2v) is 11.2. The van der Waals surface area contributed by atoms with E-state index in [-0.39, 0.29) is 0 Å². The van der Waals surface area contributed by atoms with Gasteiger partial charge in [-0.15, -0.1) is 0 Å². The van der Waals surface area contributed by atoms with Crippen LogP contribution in [0.5, 0.6) is 0 Å². The minimum absolute atomic E-state index is 1.18. The van der Waals surface area contributed by atoms with Gasteiger partial charge in [-0.1, -0.05) is 182 Å². The number of fused-ring (bicyclic) bond motifs is 1. The van der Waals surface area contributed by atoms with E-state index in [1.165, 1.54) is 66.4 Å². The standard InChI is InChI=1S/C44H36/c1-33(39-11-5-3-6-12-39)31-37-21-17-35(18-22-37)25-27-42-29-28-41-15-9-10-16-43(41)44(42)30-26-36-19-23-38(24-20-36)32-34(2)40-13-7-4-8-14-40/h3-32H,1-2H3/b27-25+,30-26+,33-31+,34-32+. The zero-order valence-electron chi connectivity index (χ0n) is 25.3. The Morgan fingerprint density at radius 2 is 0.841 bits per heavy atom. The maximum Gasteiger partial charge on any atom is -0.0105 e. The lowest BCUT2D eigenvalue weighted by Crippen LogP contribution is -1.85. The highest BCUT2D eigenvalue weighted by atomic mass is 14.1. The lowest BCUT2D eigenvalue weighted by atomic mass is 9.96. The first-order valence-corrected chi connectivity index (χ1v) is 15.2. The Morgan fingerprint density at radius 1 is 0.386 bits per heavy atom. The Balaban J connectivity index is 1.23. The van der Waals surface area contributed by atoms with Crippen LogP contribution in [0.1, 0.15) is 58.4 Å². The van der Waals surface area contributed by atoms with Crippen molar-refractivity contribution in [2.45, 2.75) is 13.8 Å². The zero-order chi connectivity index (χ0) is 30.1. The van der Waals surface area contributed by atoms with Crippen LogP contribution in [0.15, 0.2) is 146 Å². The number of hydrogen-bond donors (Lipinski definition) is 0. The fraction of sp³-hybridized carbons (Fsp3) is 0.0455. The second-order valence-electron chi connectivity index (χ2n) is 11.2. The van der Waals surface area contributed by atoms with Crippen LogP contribution >= 0.6 is 0 Å². The van der Waals surface area contributed by atoms with E-state index in [2.05, 4.69) is 196 Å². The summed E-state index contributed by atoms with van der Waals surface area (Å²) in [6.45, 7) is 4.33. The largest absolute Gasteiger partial charge is 0.0622 e. The Morgan fingerprint density at radius 3 is 1.39 bits per heavy atom. The predicted molar refractivity (Wildman–Crippen MR) is 195 cm³/mol. The third kappa shape index (κ3) is 7.12. The second kappa shape index (κ2) is 13.7. The summed E-state index contributed by atoms with van der Waals surface area (Å²) in [5.41, 5.74) is 12.2. The summed E-state index contributed by atoms with van der Waals surface area (Å²) in [4.78, 5) is 0. The summed E-state index contributed by atoms with van der Waals surface area (Å²) in [5, 5.41) is 2.49. The normalized spacial score (nSPS) is 12.4. The van der Waals surface area contributed by atoms with Gasteiger partial charge in [-0.05, 0) is 80.3 Å². The van der Waals surface area contributed by atoms with Gasteiger partial charge in [0.05, 0.1) is 0 Å². The first kappa shape index (κ1) is 28.6. The summed E-state index contributed by atoms with van der Waals surface area (Å²) < 4.78 is 0. The summed E-state index contributed by atoms with van der Waals surface area (Å²) in [5.74, 6) is 0. The molecule has 44 heavy (non-hydrogen) atoms. The molecule has 0 fully saturated rings. The van der Waals surface area contributed by atoms with Crippen molar-refractivity contribution < 1.29 is 0 Å². The summed E-state index contributed by atoms with van der Waals surface area (Å²) >= 11 is 0. The number of allylic oxidation sites excluding steroid dienone is 2. The molecule has 6 aromatic carbocycles. The Bertz CT molecular complexity index is 1970. The molecule has 0 unspecified atom stereocenters. The van der Waals surface area contributed by atoms with Crippen molar-refractivity contribution in [1.82, 2.24) is 0 Å². The highest BCUT2D eigenvalue weighted by Crippen LogP contribution is 2.27. The summed E-state index contributed by atoms with van der Waals surface area (Å²) in [7, 11) is 0. The molecule has 0 bridgehead atoms. The minimum Gasteiger partial charge on any atom is -0.0622 e. The fourth-order valence-corrected chi connectivity index (χ4v) is 5.48. The van der Waals surface area contributed by atoms with Gasteiger partial charge in [0.1, 0.15) is 0 Å². The highest BCUT2D eigenvalue weighted by molar-refractivity contribution is 5.97. The maximum absolute atomic E-state index is 2.25. The quantitative estimate of drug-likeness (QED) is 0.161. The van der Waals surface area contributed by atoms with Crippen LogP contribution in [0.2, 0.25) is 0 Å². The topological polar surface area (TPSA) is 0 Å². The molecule has 0 saturated carbocycles. The maximum atomic E-state index is 2.25. The van der Waals surface area contributed by atoms with Gasteiger partial charge in [0.15, 0.2) is 0 Å². The van der Waals surface area contributed by atoms with Gasteiger partial charge in [0.2, 0.25) is 0 Å². The van der Waals surface area contributed by atoms with Crippen LogP contribution in [0.4, 0.5) is 0 Å². The molecule has 0 aromatic heterocycles. The number of hydrogen-bond acceptors (Lipinski definition) is 0. The monoisotopic (exact) mass is 564 g/mol. The zero-order valence-corrected chi connectivity index (χ0v) is 25.3. The van der Waals surface area contributed by atoms with Gasteiger partial charge in [-0.2, -0.15) is 0 Å². The van der Waals surface area contributed by atoms with Crippen molar-refractivity contribution in [3.63, 3.8) is 0 Å². The minimum atomic E-state index is 1.18. The van der Waals surface area contributed by atoms with Gasteiger partial charge in [0, 0.05) is 0 Å². The van der Waals surface area contributed by atoms with Gasteiger partial charge in [0.25, 0.3) is 0 Å². The molecule has 0 saturated heterocycles. The van der Waals surface area contributed by atoms with Gasteiger partial charge >= 0.3 is 0 Å².